The summed E-state index contributed by atoms with van der Waals surface area (Å²) in [5, 5.41) is 18.7. The first kappa shape index (κ1) is 16.3. The van der Waals surface area contributed by atoms with Crippen molar-refractivity contribution in [2.75, 3.05) is 0 Å². The minimum Gasteiger partial charge on any atom is -0.411 e. The first-order valence-electron chi connectivity index (χ1n) is 1.03. The van der Waals surface area contributed by atoms with Crippen molar-refractivity contribution < 1.29 is 10.4 Å². The maximum Gasteiger partial charge on any atom is 0.0298 e. The minimum atomic E-state index is 0. The lowest BCUT2D eigenvalue weighted by atomic mass is 11.8. The second-order valence-electron chi connectivity index (χ2n) is 0.283. The first-order chi connectivity index (χ1) is 2.83. The van der Waals surface area contributed by atoms with Crippen molar-refractivity contribution in [3.8, 4) is 0 Å². The highest BCUT2D eigenvalue weighted by Crippen LogP contribution is 1.20. The van der Waals surface area contributed by atoms with Crippen molar-refractivity contribution in [2.45, 2.75) is 0 Å². The summed E-state index contributed by atoms with van der Waals surface area (Å²) in [6, 6.07) is 0. The number of hydrogen-bond acceptors (Lipinski definition) is 4. The molecule has 0 aromatic carbocycles. The molecule has 0 radical (unpaired) electrons. The maximum absolute atomic E-state index is 7.08. The summed E-state index contributed by atoms with van der Waals surface area (Å²) in [4.78, 5) is 0. The minimum absolute atomic E-state index is 0. The van der Waals surface area contributed by atoms with Crippen LogP contribution in [0.2, 0.25) is 0 Å². The van der Waals surface area contributed by atoms with Crippen LogP contribution >= 0.6 is 13.5 Å². The fraction of sp³-hybridized carbons (Fsp3) is 0. The number of oxime groups is 2. The lowest BCUT2D eigenvalue weighted by Crippen LogP contribution is -1.30. The van der Waals surface area contributed by atoms with Gasteiger partial charge in [0.2, 0.25) is 0 Å². The molecule has 7 heavy (non-hydrogen) atoms. The van der Waals surface area contributed by atoms with Gasteiger partial charge in [-0.2, -0.15) is 13.5 Å². The average Bonchev–Trinajstić information content (AvgIpc) is 1.39. The van der Waals surface area contributed by atoms with E-state index in [1.807, 2.05) is 0 Å². The Balaban J connectivity index is -0.0000000400. The summed E-state index contributed by atoms with van der Waals surface area (Å²) in [6.45, 7) is 5.33. The van der Waals surface area contributed by atoms with Crippen LogP contribution in [0.25, 0.3) is 0 Å². The number of nitrogens with zero attached hydrogens (tertiary/aromatic N) is 2. The van der Waals surface area contributed by atoms with Gasteiger partial charge in [-0.1, -0.05) is 0 Å². The Kier molecular flexibility index (Phi) is 136. The van der Waals surface area contributed by atoms with Gasteiger partial charge in [-0.25, -0.2) is 0 Å². The summed E-state index contributed by atoms with van der Waals surface area (Å²) < 4.78 is 0. The Hall–Kier alpha value is -0.710. The van der Waals surface area contributed by atoms with Crippen LogP contribution in [0.1, 0.15) is 0 Å². The van der Waals surface area contributed by atoms with Gasteiger partial charge < -0.3 is 10.4 Å². The van der Waals surface area contributed by atoms with E-state index in [-0.39, 0.29) is 13.5 Å². The van der Waals surface area contributed by atoms with Gasteiger partial charge in [-0.15, -0.1) is 10.3 Å². The molecule has 5 heteroatoms. The van der Waals surface area contributed by atoms with E-state index in [2.05, 4.69) is 23.7 Å². The molecule has 0 heterocycles. The van der Waals surface area contributed by atoms with Crippen molar-refractivity contribution in [3.05, 3.63) is 0 Å². The zero-order valence-corrected chi connectivity index (χ0v) is 4.70. The Morgan fingerprint density at radius 2 is 1.00 bits per heavy atom. The highest BCUT2D eigenvalue weighted by atomic mass is 32.1. The SMILES string of the molecule is C=NO.C=NO.S. The Bertz CT molecular complexity index is 34.7. The van der Waals surface area contributed by atoms with Gasteiger partial charge in [0.25, 0.3) is 0 Å². The molecule has 0 fully saturated rings. The van der Waals surface area contributed by atoms with E-state index >= 15 is 0 Å². The van der Waals surface area contributed by atoms with Crippen molar-refractivity contribution in [2.24, 2.45) is 10.3 Å². The van der Waals surface area contributed by atoms with E-state index in [0.717, 1.165) is 0 Å². The highest BCUT2D eigenvalue weighted by Gasteiger charge is 1.06. The van der Waals surface area contributed by atoms with E-state index in [0.29, 0.717) is 0 Å². The fourth-order valence-corrected chi connectivity index (χ4v) is 0. The molecule has 2 N–H and O–H groups in total. The van der Waals surface area contributed by atoms with Crippen molar-refractivity contribution in [1.29, 1.82) is 0 Å². The first-order valence-corrected chi connectivity index (χ1v) is 1.03. The largest absolute Gasteiger partial charge is 0.411 e. The van der Waals surface area contributed by atoms with Gasteiger partial charge in [0.05, 0.1) is 0 Å². The van der Waals surface area contributed by atoms with E-state index in [1.54, 1.807) is 0 Å². The van der Waals surface area contributed by atoms with Crippen LogP contribution in [-0.2, 0) is 0 Å². The smallest absolute Gasteiger partial charge is 0.0298 e. The molecule has 0 aliphatic carbocycles. The molecule has 0 atom stereocenters. The molecule has 0 aliphatic heterocycles. The zero-order valence-electron chi connectivity index (χ0n) is 3.70. The van der Waals surface area contributed by atoms with Crippen LogP contribution in [0.5, 0.6) is 0 Å². The topological polar surface area (TPSA) is 65.2 Å². The zero-order chi connectivity index (χ0) is 5.41. The Morgan fingerprint density at radius 1 is 1.00 bits per heavy atom. The lowest BCUT2D eigenvalue weighted by molar-refractivity contribution is 0.323. The third kappa shape index (κ3) is 114. The molecule has 0 saturated carbocycles. The van der Waals surface area contributed by atoms with E-state index in [4.69, 9.17) is 10.4 Å². The molecule has 0 aliphatic rings. The maximum atomic E-state index is 7.08. The molecular formula is C2H8N2O2S. The monoisotopic (exact) mass is 124 g/mol. The summed E-state index contributed by atoms with van der Waals surface area (Å²) in [6.07, 6.45) is 0. The van der Waals surface area contributed by atoms with Crippen LogP contribution in [-0.4, -0.2) is 23.8 Å². The Labute approximate surface area is 48.6 Å². The third-order valence-electron chi connectivity index (χ3n) is 0. The summed E-state index contributed by atoms with van der Waals surface area (Å²) >= 11 is 0. The molecule has 0 bridgehead atoms. The number of hydrogen-bond donors (Lipinski definition) is 2. The van der Waals surface area contributed by atoms with Crippen molar-refractivity contribution >= 4 is 26.9 Å². The predicted molar refractivity (Wildman–Crippen MR) is 33.1 cm³/mol. The van der Waals surface area contributed by atoms with Gasteiger partial charge in [0, 0.05) is 13.4 Å². The molecule has 0 saturated heterocycles. The van der Waals surface area contributed by atoms with Crippen LogP contribution in [0.15, 0.2) is 10.3 Å². The van der Waals surface area contributed by atoms with Gasteiger partial charge in [-0.05, 0) is 0 Å². The quantitative estimate of drug-likeness (QED) is 0.276. The molecule has 0 rings (SSSR count). The molecule has 0 unspecified atom stereocenters. The fourth-order valence-electron chi connectivity index (χ4n) is 0. The van der Waals surface area contributed by atoms with Gasteiger partial charge >= 0.3 is 0 Å². The van der Waals surface area contributed by atoms with Gasteiger partial charge in [0.1, 0.15) is 0 Å². The summed E-state index contributed by atoms with van der Waals surface area (Å²) in [5.74, 6) is 0. The van der Waals surface area contributed by atoms with Crippen LogP contribution < -0.4 is 0 Å². The van der Waals surface area contributed by atoms with Crippen LogP contribution in [0, 0.1) is 0 Å². The molecule has 4 nitrogen and oxygen atoms in total. The van der Waals surface area contributed by atoms with Crippen molar-refractivity contribution in [3.63, 3.8) is 0 Å². The molecule has 0 aromatic rings. The molecule has 0 spiro atoms. The van der Waals surface area contributed by atoms with Crippen molar-refractivity contribution in [1.82, 2.24) is 0 Å². The Morgan fingerprint density at radius 3 is 1.00 bits per heavy atom. The van der Waals surface area contributed by atoms with Gasteiger partial charge in [-0.3, -0.25) is 0 Å². The van der Waals surface area contributed by atoms with E-state index < -0.39 is 0 Å². The third-order valence-corrected chi connectivity index (χ3v) is 0. The summed E-state index contributed by atoms with van der Waals surface area (Å²) in [5.41, 5.74) is 0. The second kappa shape index (κ2) is 58.5. The number of rotatable bonds is 0. The predicted octanol–water partition coefficient (Wildman–Crippen LogP) is 0.265. The average molecular weight is 124 g/mol. The van der Waals surface area contributed by atoms with Crippen LogP contribution in [0.4, 0.5) is 0 Å². The second-order valence-corrected chi connectivity index (χ2v) is 0.283. The van der Waals surface area contributed by atoms with Crippen LogP contribution in [0.3, 0.4) is 0 Å². The molecule has 0 amide bonds. The van der Waals surface area contributed by atoms with E-state index in [9.17, 15) is 0 Å². The van der Waals surface area contributed by atoms with Gasteiger partial charge in [0.15, 0.2) is 0 Å². The van der Waals surface area contributed by atoms with E-state index in [1.165, 1.54) is 0 Å². The lowest BCUT2D eigenvalue weighted by Gasteiger charge is -1.43. The standard InChI is InChI=1S/2CH3NO.H2S/c2*1-2-3;/h2*3H,1H2;1H2. The normalized spacial score (nSPS) is 3.43. The molecule has 0 aromatic heterocycles. The highest BCUT2D eigenvalue weighted by molar-refractivity contribution is 7.59. The molecular weight excluding hydrogens is 116 g/mol. The molecule has 44 valence electrons. The summed E-state index contributed by atoms with van der Waals surface area (Å²) in [7, 11) is 0.